The number of sulfonamides is 1. The molecule has 1 saturated heterocycles. The molecule has 2 aromatic rings. The zero-order valence-corrected chi connectivity index (χ0v) is 39.0. The van der Waals surface area contributed by atoms with E-state index in [9.17, 15) is 18.3 Å². The molecule has 8 rings (SSSR count). The van der Waals surface area contributed by atoms with Crippen molar-refractivity contribution >= 4 is 21.4 Å². The average molecular weight is 838 g/mol. The zero-order valence-electron chi connectivity index (χ0n) is 38.2. The van der Waals surface area contributed by atoms with Crippen LogP contribution in [0.15, 0.2) is 72.8 Å². The van der Waals surface area contributed by atoms with Crippen molar-refractivity contribution in [1.82, 2.24) is 14.1 Å². The van der Waals surface area contributed by atoms with Crippen molar-refractivity contribution in [2.45, 2.75) is 105 Å². The number of fused-ring (bicyclic) bond motifs is 7. The first-order valence-electron chi connectivity index (χ1n) is 23.4. The minimum Gasteiger partial charge on any atom is -0.380 e. The summed E-state index contributed by atoms with van der Waals surface area (Å²) in [4.78, 5) is 17.9. The van der Waals surface area contributed by atoms with Crippen LogP contribution in [0.1, 0.15) is 127 Å². The second-order valence-corrected chi connectivity index (χ2v) is 24.2. The van der Waals surface area contributed by atoms with E-state index in [4.69, 9.17) is 0 Å². The Bertz CT molecular complexity index is 2070. The van der Waals surface area contributed by atoms with Gasteiger partial charge in [-0.3, -0.25) is 4.79 Å². The third-order valence-electron chi connectivity index (χ3n) is 18.8. The molecule has 1 N–H and O–H groups in total. The van der Waals surface area contributed by atoms with Crippen LogP contribution in [0.4, 0.5) is 0 Å². The maximum atomic E-state index is 13.5. The summed E-state index contributed by atoms with van der Waals surface area (Å²) in [6, 6.07) is 17.2. The number of carbonyl (C=O) groups is 1. The molecule has 8 heteroatoms. The zero-order chi connectivity index (χ0) is 43.0. The second-order valence-electron chi connectivity index (χ2n) is 22.1. The lowest BCUT2D eigenvalue weighted by molar-refractivity contribution is -0.226. The standard InChI is InChI=1S/C52H75N3O4S/c1-36(2)40-21-26-52(35-54(9)33-34-60(58,59)55-31-29-53(8)30-32-55)28-27-50(6)42(45(40)52)19-20-44-49(5)24-22-41(48(3,4)43(49)23-25-51(44,50)7)37-15-17-39(18-16-37)47(57)46(56)38-13-11-10-12-14-38/h10-18,22,40,42-46,56H,1,19-21,23-35H2,2-9H3/t40-,42+,43-,44+,45+,46?,49-,50+,51+,52+/m0/s1. The largest absolute Gasteiger partial charge is 0.380 e. The molecule has 6 aliphatic rings. The van der Waals surface area contributed by atoms with Gasteiger partial charge in [0.1, 0.15) is 6.10 Å². The fourth-order valence-corrected chi connectivity index (χ4v) is 17.0. The van der Waals surface area contributed by atoms with Gasteiger partial charge in [-0.1, -0.05) is 107 Å². The number of hydrogen-bond acceptors (Lipinski definition) is 6. The molecule has 2 aromatic carbocycles. The molecule has 60 heavy (non-hydrogen) atoms. The summed E-state index contributed by atoms with van der Waals surface area (Å²) in [5.41, 5.74) is 5.94. The van der Waals surface area contributed by atoms with Gasteiger partial charge < -0.3 is 14.9 Å². The molecule has 328 valence electrons. The molecule has 5 aliphatic carbocycles. The number of Topliss-reactive ketones (excluding diaryl/α,β-unsaturated/α-hetero) is 1. The highest BCUT2D eigenvalue weighted by atomic mass is 32.2. The number of nitrogens with zero attached hydrogens (tertiary/aromatic N) is 3. The number of rotatable bonds is 11. The average Bonchev–Trinajstić information content (AvgIpc) is 3.60. The summed E-state index contributed by atoms with van der Waals surface area (Å²) < 4.78 is 28.6. The maximum Gasteiger partial charge on any atom is 0.215 e. The molecule has 0 spiro atoms. The van der Waals surface area contributed by atoms with Gasteiger partial charge in [0.25, 0.3) is 0 Å². The molecule has 7 nitrogen and oxygen atoms in total. The van der Waals surface area contributed by atoms with Crippen molar-refractivity contribution < 1.29 is 18.3 Å². The Balaban J connectivity index is 1.01. The van der Waals surface area contributed by atoms with Crippen molar-refractivity contribution in [3.05, 3.63) is 89.5 Å². The maximum absolute atomic E-state index is 13.5. The molecule has 1 aliphatic heterocycles. The van der Waals surface area contributed by atoms with Gasteiger partial charge in [-0.15, -0.1) is 0 Å². The Labute approximate surface area is 363 Å². The van der Waals surface area contributed by atoms with E-state index in [0.29, 0.717) is 60.4 Å². The summed E-state index contributed by atoms with van der Waals surface area (Å²) in [6.07, 6.45) is 12.4. The first-order chi connectivity index (χ1) is 28.3. The van der Waals surface area contributed by atoms with E-state index >= 15 is 0 Å². The number of aliphatic hydroxyl groups is 1. The van der Waals surface area contributed by atoms with Crippen LogP contribution >= 0.6 is 0 Å². The van der Waals surface area contributed by atoms with Crippen molar-refractivity contribution in [2.75, 3.05) is 59.1 Å². The predicted molar refractivity (Wildman–Crippen MR) is 245 cm³/mol. The number of carbonyl (C=O) groups excluding carboxylic acids is 1. The SMILES string of the molecule is C=C(C)[C@@H]1CC[C@]2(CN(C)CCS(=O)(=O)N3CCN(C)CC3)CC[C@]3(C)[C@H](CC[C@@H]4[C@@]5(C)CC=C(c6ccc(C(=O)C(O)c7ccccc7)cc6)C(C)(C)[C@@H]5CC[C@]43C)[C@@H]12. The van der Waals surface area contributed by atoms with Crippen LogP contribution < -0.4 is 0 Å². The number of aliphatic hydroxyl groups excluding tert-OH is 1. The number of piperazine rings is 1. The third-order valence-corrected chi connectivity index (χ3v) is 20.7. The minimum atomic E-state index is -3.28. The van der Waals surface area contributed by atoms with Crippen LogP contribution in [0.2, 0.25) is 0 Å². The Kier molecular flexibility index (Phi) is 11.6. The first-order valence-corrected chi connectivity index (χ1v) is 25.0. The monoisotopic (exact) mass is 838 g/mol. The molecule has 10 atom stereocenters. The Morgan fingerprint density at radius 1 is 0.867 bits per heavy atom. The fourth-order valence-electron chi connectivity index (χ4n) is 15.5. The van der Waals surface area contributed by atoms with Crippen LogP contribution in [0.25, 0.3) is 5.57 Å². The molecular weight excluding hydrogens is 763 g/mol. The third kappa shape index (κ3) is 7.15. The van der Waals surface area contributed by atoms with E-state index in [1.54, 1.807) is 16.4 Å². The highest BCUT2D eigenvalue weighted by molar-refractivity contribution is 7.89. The van der Waals surface area contributed by atoms with Crippen LogP contribution in [0.3, 0.4) is 0 Å². The van der Waals surface area contributed by atoms with Crippen LogP contribution in [0.5, 0.6) is 0 Å². The Morgan fingerprint density at radius 3 is 2.22 bits per heavy atom. The van der Waals surface area contributed by atoms with Gasteiger partial charge in [-0.05, 0) is 152 Å². The molecule has 4 saturated carbocycles. The van der Waals surface area contributed by atoms with E-state index in [0.717, 1.165) is 26.1 Å². The lowest BCUT2D eigenvalue weighted by Crippen LogP contribution is -2.66. The van der Waals surface area contributed by atoms with E-state index in [1.165, 1.54) is 68.1 Å². The molecule has 1 heterocycles. The normalized spacial score (nSPS) is 37.3. The van der Waals surface area contributed by atoms with Gasteiger partial charge >= 0.3 is 0 Å². The van der Waals surface area contributed by atoms with E-state index < -0.39 is 16.1 Å². The van der Waals surface area contributed by atoms with Crippen molar-refractivity contribution in [3.63, 3.8) is 0 Å². The number of benzene rings is 2. The summed E-state index contributed by atoms with van der Waals surface area (Å²) >= 11 is 0. The van der Waals surface area contributed by atoms with Crippen LogP contribution in [0, 0.1) is 56.7 Å². The summed E-state index contributed by atoms with van der Waals surface area (Å²) in [5.74, 6) is 2.90. The number of likely N-dealkylation sites (N-methyl/N-ethyl adjacent to an activating group) is 1. The van der Waals surface area contributed by atoms with Gasteiger partial charge in [0.05, 0.1) is 5.75 Å². The van der Waals surface area contributed by atoms with Gasteiger partial charge in [0.2, 0.25) is 10.0 Å². The summed E-state index contributed by atoms with van der Waals surface area (Å²) in [5, 5.41) is 10.8. The molecule has 0 bridgehead atoms. The van der Waals surface area contributed by atoms with Crippen LogP contribution in [-0.4, -0.2) is 92.5 Å². The summed E-state index contributed by atoms with van der Waals surface area (Å²) in [6.45, 7) is 24.3. The number of hydrogen-bond donors (Lipinski definition) is 1. The second kappa shape index (κ2) is 15.9. The van der Waals surface area contributed by atoms with E-state index in [-0.39, 0.29) is 38.6 Å². The molecule has 5 fully saturated rings. The first kappa shape index (κ1) is 44.0. The highest BCUT2D eigenvalue weighted by Gasteiger charge is 2.70. The van der Waals surface area contributed by atoms with Crippen molar-refractivity contribution in [2.24, 2.45) is 56.7 Å². The molecular formula is C52H75N3O4S. The Hall–Kier alpha value is -2.62. The quantitative estimate of drug-likeness (QED) is 0.179. The molecule has 0 aromatic heterocycles. The lowest BCUT2D eigenvalue weighted by atomic mass is 9.32. The molecule has 0 radical (unpaired) electrons. The smallest absolute Gasteiger partial charge is 0.215 e. The van der Waals surface area contributed by atoms with Crippen molar-refractivity contribution in [1.29, 1.82) is 0 Å². The molecule has 1 unspecified atom stereocenters. The Morgan fingerprint density at radius 2 is 1.55 bits per heavy atom. The van der Waals surface area contributed by atoms with Gasteiger partial charge in [0.15, 0.2) is 5.78 Å². The predicted octanol–water partition coefficient (Wildman–Crippen LogP) is 9.76. The van der Waals surface area contributed by atoms with Crippen LogP contribution in [-0.2, 0) is 10.0 Å². The fraction of sp³-hybridized carbons (Fsp3) is 0.673. The number of ketones is 1. The van der Waals surface area contributed by atoms with E-state index in [2.05, 4.69) is 90.2 Å². The van der Waals surface area contributed by atoms with Gasteiger partial charge in [-0.2, -0.15) is 4.31 Å². The van der Waals surface area contributed by atoms with Gasteiger partial charge in [0, 0.05) is 44.8 Å². The number of allylic oxidation sites excluding steroid dienone is 3. The topological polar surface area (TPSA) is 81.2 Å². The summed E-state index contributed by atoms with van der Waals surface area (Å²) in [7, 11) is 0.979. The minimum absolute atomic E-state index is 0.0260. The van der Waals surface area contributed by atoms with Gasteiger partial charge in [-0.25, -0.2) is 8.42 Å². The van der Waals surface area contributed by atoms with Crippen molar-refractivity contribution in [3.8, 4) is 0 Å². The molecule has 0 amide bonds. The van der Waals surface area contributed by atoms with E-state index in [1.807, 2.05) is 30.3 Å². The lowest BCUT2D eigenvalue weighted by Gasteiger charge is -2.72. The highest BCUT2D eigenvalue weighted by Crippen LogP contribution is 2.77.